The zero-order chi connectivity index (χ0) is 12.2. The zero-order valence-corrected chi connectivity index (χ0v) is 10.4. The average molecular weight is 224 g/mol. The number of nitrogens with two attached hydrogens (primary N) is 1. The summed E-state index contributed by atoms with van der Waals surface area (Å²) in [5.41, 5.74) is 6.45. The number of nitrogens with zero attached hydrogens (tertiary/aromatic N) is 1. The molecule has 1 aromatic heterocycles. The van der Waals surface area contributed by atoms with Crippen LogP contribution in [0.4, 0.5) is 5.82 Å². The smallest absolute Gasteiger partial charge is 0.166 e. The summed E-state index contributed by atoms with van der Waals surface area (Å²) in [5, 5.41) is 0. The van der Waals surface area contributed by atoms with Crippen LogP contribution in [-0.2, 0) is 4.74 Å². The number of hydrogen-bond acceptors (Lipinski definition) is 4. The van der Waals surface area contributed by atoms with E-state index in [1.54, 1.807) is 7.11 Å². The largest absolute Gasteiger partial charge is 0.490 e. The van der Waals surface area contributed by atoms with Crippen molar-refractivity contribution in [2.75, 3.05) is 19.5 Å². The van der Waals surface area contributed by atoms with E-state index in [2.05, 4.69) is 4.98 Å². The van der Waals surface area contributed by atoms with E-state index in [0.29, 0.717) is 18.2 Å². The Kier molecular flexibility index (Phi) is 4.12. The van der Waals surface area contributed by atoms with Gasteiger partial charge in [-0.1, -0.05) is 0 Å². The van der Waals surface area contributed by atoms with Crippen molar-refractivity contribution < 1.29 is 9.47 Å². The van der Waals surface area contributed by atoms with Crippen LogP contribution in [0.5, 0.6) is 5.75 Å². The molecule has 0 amide bonds. The summed E-state index contributed by atoms with van der Waals surface area (Å²) in [6.07, 6.45) is 0.802. The van der Waals surface area contributed by atoms with Gasteiger partial charge in [0.25, 0.3) is 0 Å². The standard InChI is InChI=1S/C12H20N2O2/c1-9-5-6-10(11(13)14-9)16-8-7-12(2,3)15-4/h5-6H,7-8H2,1-4H3,(H2,13,14). The summed E-state index contributed by atoms with van der Waals surface area (Å²) in [4.78, 5) is 4.13. The first-order chi connectivity index (χ1) is 7.44. The highest BCUT2D eigenvalue weighted by atomic mass is 16.5. The van der Waals surface area contributed by atoms with Crippen molar-refractivity contribution in [3.8, 4) is 5.75 Å². The van der Waals surface area contributed by atoms with E-state index in [4.69, 9.17) is 15.2 Å². The third kappa shape index (κ3) is 3.70. The van der Waals surface area contributed by atoms with Gasteiger partial charge in [-0.05, 0) is 32.9 Å². The second-order valence-corrected chi connectivity index (χ2v) is 4.40. The number of nitrogen functional groups attached to an aromatic ring is 1. The van der Waals surface area contributed by atoms with Crippen LogP contribution in [0.2, 0.25) is 0 Å². The number of aryl methyl sites for hydroxylation is 1. The lowest BCUT2D eigenvalue weighted by Crippen LogP contribution is -2.25. The van der Waals surface area contributed by atoms with E-state index >= 15 is 0 Å². The van der Waals surface area contributed by atoms with Crippen molar-refractivity contribution in [1.82, 2.24) is 4.98 Å². The second kappa shape index (κ2) is 5.16. The van der Waals surface area contributed by atoms with Gasteiger partial charge in [-0.15, -0.1) is 0 Å². The molecule has 0 radical (unpaired) electrons. The number of methoxy groups -OCH3 is 1. The van der Waals surface area contributed by atoms with E-state index in [1.165, 1.54) is 0 Å². The Morgan fingerprint density at radius 1 is 1.38 bits per heavy atom. The van der Waals surface area contributed by atoms with Gasteiger partial charge in [-0.25, -0.2) is 4.98 Å². The molecular weight excluding hydrogens is 204 g/mol. The van der Waals surface area contributed by atoms with Crippen LogP contribution in [0, 0.1) is 6.92 Å². The van der Waals surface area contributed by atoms with Crippen molar-refractivity contribution >= 4 is 5.82 Å². The molecule has 90 valence electrons. The Bertz CT molecular complexity index is 351. The van der Waals surface area contributed by atoms with Crippen LogP contribution in [0.3, 0.4) is 0 Å². The summed E-state index contributed by atoms with van der Waals surface area (Å²) in [6.45, 7) is 6.50. The maximum absolute atomic E-state index is 5.74. The fourth-order valence-corrected chi connectivity index (χ4v) is 1.19. The van der Waals surface area contributed by atoms with Crippen LogP contribution >= 0.6 is 0 Å². The number of ether oxygens (including phenoxy) is 2. The second-order valence-electron chi connectivity index (χ2n) is 4.40. The van der Waals surface area contributed by atoms with Crippen molar-refractivity contribution in [3.63, 3.8) is 0 Å². The Hall–Kier alpha value is -1.29. The Balaban J connectivity index is 2.49. The molecule has 1 rings (SSSR count). The minimum Gasteiger partial charge on any atom is -0.490 e. The predicted octanol–water partition coefficient (Wildman–Crippen LogP) is 2.17. The fourth-order valence-electron chi connectivity index (χ4n) is 1.19. The molecule has 1 aromatic rings. The summed E-state index contributed by atoms with van der Waals surface area (Å²) >= 11 is 0. The zero-order valence-electron chi connectivity index (χ0n) is 10.4. The van der Waals surface area contributed by atoms with E-state index in [9.17, 15) is 0 Å². The Labute approximate surface area is 96.8 Å². The molecule has 16 heavy (non-hydrogen) atoms. The van der Waals surface area contributed by atoms with Gasteiger partial charge >= 0.3 is 0 Å². The molecule has 0 atom stereocenters. The Morgan fingerprint density at radius 3 is 2.62 bits per heavy atom. The summed E-state index contributed by atoms with van der Waals surface area (Å²) in [5.74, 6) is 1.08. The van der Waals surface area contributed by atoms with Crippen LogP contribution in [0.1, 0.15) is 26.0 Å². The molecule has 0 spiro atoms. The first-order valence-electron chi connectivity index (χ1n) is 5.36. The van der Waals surface area contributed by atoms with E-state index in [-0.39, 0.29) is 5.60 Å². The molecule has 4 heteroatoms. The number of aromatic nitrogens is 1. The van der Waals surface area contributed by atoms with Crippen LogP contribution < -0.4 is 10.5 Å². The van der Waals surface area contributed by atoms with Gasteiger partial charge in [0, 0.05) is 19.2 Å². The van der Waals surface area contributed by atoms with Gasteiger partial charge in [0.1, 0.15) is 0 Å². The summed E-state index contributed by atoms with van der Waals surface area (Å²) in [6, 6.07) is 3.73. The third-order valence-corrected chi connectivity index (χ3v) is 2.54. The topological polar surface area (TPSA) is 57.4 Å². The molecule has 0 aliphatic carbocycles. The normalized spacial score (nSPS) is 11.5. The van der Waals surface area contributed by atoms with Gasteiger partial charge in [-0.2, -0.15) is 0 Å². The highest BCUT2D eigenvalue weighted by molar-refractivity contribution is 5.46. The molecule has 0 saturated heterocycles. The quantitative estimate of drug-likeness (QED) is 0.832. The molecule has 0 bridgehead atoms. The Morgan fingerprint density at radius 2 is 2.06 bits per heavy atom. The molecule has 4 nitrogen and oxygen atoms in total. The maximum Gasteiger partial charge on any atom is 0.166 e. The van der Waals surface area contributed by atoms with Gasteiger partial charge in [0.05, 0.1) is 12.2 Å². The SMILES string of the molecule is COC(C)(C)CCOc1ccc(C)nc1N. The van der Waals surface area contributed by atoms with Crippen LogP contribution in [-0.4, -0.2) is 24.3 Å². The minimum atomic E-state index is -0.174. The van der Waals surface area contributed by atoms with Crippen LogP contribution in [0.25, 0.3) is 0 Å². The molecule has 0 saturated carbocycles. The molecule has 1 heterocycles. The van der Waals surface area contributed by atoms with Gasteiger partial charge < -0.3 is 15.2 Å². The van der Waals surface area contributed by atoms with Gasteiger partial charge in [0.2, 0.25) is 0 Å². The molecule has 0 aromatic carbocycles. The average Bonchev–Trinajstić information content (AvgIpc) is 2.21. The first kappa shape index (κ1) is 12.8. The molecular formula is C12H20N2O2. The number of pyridine rings is 1. The summed E-state index contributed by atoms with van der Waals surface area (Å²) < 4.78 is 10.9. The lowest BCUT2D eigenvalue weighted by atomic mass is 10.1. The highest BCUT2D eigenvalue weighted by Crippen LogP contribution is 2.20. The molecule has 0 unspecified atom stereocenters. The first-order valence-corrected chi connectivity index (χ1v) is 5.36. The van der Waals surface area contributed by atoms with E-state index in [0.717, 1.165) is 12.1 Å². The molecule has 0 fully saturated rings. The van der Waals surface area contributed by atoms with Crippen molar-refractivity contribution in [3.05, 3.63) is 17.8 Å². The number of anilines is 1. The summed E-state index contributed by atoms with van der Waals surface area (Å²) in [7, 11) is 1.70. The lowest BCUT2D eigenvalue weighted by molar-refractivity contribution is 0.00549. The lowest BCUT2D eigenvalue weighted by Gasteiger charge is -2.22. The number of rotatable bonds is 5. The van der Waals surface area contributed by atoms with Crippen molar-refractivity contribution in [2.45, 2.75) is 32.8 Å². The maximum atomic E-state index is 5.74. The van der Waals surface area contributed by atoms with Crippen LogP contribution in [0.15, 0.2) is 12.1 Å². The van der Waals surface area contributed by atoms with Gasteiger partial charge in [-0.3, -0.25) is 0 Å². The van der Waals surface area contributed by atoms with E-state index in [1.807, 2.05) is 32.9 Å². The highest BCUT2D eigenvalue weighted by Gasteiger charge is 2.16. The van der Waals surface area contributed by atoms with Crippen molar-refractivity contribution in [1.29, 1.82) is 0 Å². The fraction of sp³-hybridized carbons (Fsp3) is 0.583. The van der Waals surface area contributed by atoms with Gasteiger partial charge in [0.15, 0.2) is 11.6 Å². The molecule has 0 aliphatic rings. The predicted molar refractivity (Wildman–Crippen MR) is 64.6 cm³/mol. The monoisotopic (exact) mass is 224 g/mol. The number of hydrogen-bond donors (Lipinski definition) is 1. The van der Waals surface area contributed by atoms with E-state index < -0.39 is 0 Å². The molecule has 0 aliphatic heterocycles. The minimum absolute atomic E-state index is 0.174. The molecule has 2 N–H and O–H groups in total. The third-order valence-electron chi connectivity index (χ3n) is 2.54. The van der Waals surface area contributed by atoms with Crippen molar-refractivity contribution in [2.24, 2.45) is 0 Å².